The van der Waals surface area contributed by atoms with E-state index in [0.29, 0.717) is 5.56 Å². The maximum Gasteiger partial charge on any atom is 0.262 e. The lowest BCUT2D eigenvalue weighted by Crippen LogP contribution is -2.26. The average Bonchev–Trinajstić information content (AvgIpc) is 2.90. The van der Waals surface area contributed by atoms with Gasteiger partial charge in [0.1, 0.15) is 5.75 Å². The highest BCUT2D eigenvalue weighted by Crippen LogP contribution is 2.18. The lowest BCUT2D eigenvalue weighted by atomic mass is 10.1. The van der Waals surface area contributed by atoms with Crippen molar-refractivity contribution in [1.29, 1.82) is 0 Å². The van der Waals surface area contributed by atoms with Crippen LogP contribution < -0.4 is 10.1 Å². The number of ether oxygens (including phenoxy) is 1. The predicted molar refractivity (Wildman–Crippen MR) is 72.6 cm³/mol. The minimum Gasteiger partial charge on any atom is -0.497 e. The number of carbonyl (C=O) groups is 1. The molecule has 0 amide bonds. The van der Waals surface area contributed by atoms with Gasteiger partial charge >= 0.3 is 0 Å². The van der Waals surface area contributed by atoms with Crippen molar-refractivity contribution in [3.8, 4) is 5.75 Å². The molecule has 98 valence electrons. The van der Waals surface area contributed by atoms with Crippen molar-refractivity contribution in [3.63, 3.8) is 0 Å². The van der Waals surface area contributed by atoms with Gasteiger partial charge in [0.25, 0.3) is 5.91 Å². The fourth-order valence-electron chi connectivity index (χ4n) is 2.44. The number of aromatic nitrogens is 1. The maximum atomic E-state index is 12.5. The summed E-state index contributed by atoms with van der Waals surface area (Å²) in [7, 11) is 1.62. The number of nitrogens with one attached hydrogen (secondary N) is 1. The summed E-state index contributed by atoms with van der Waals surface area (Å²) in [5, 5.41) is 3.31. The molecule has 0 radical (unpaired) electrons. The number of methoxy groups -OCH3 is 1. The van der Waals surface area contributed by atoms with Gasteiger partial charge in [0.15, 0.2) is 0 Å². The standard InChI is InChI=1S/C15H16N2O2/c1-19-13-4-2-11(3-5-13)15(18)17-9-7-12-10-16-8-6-14(12)17/h2-5,7,9,16H,6,8,10H2,1H3. The van der Waals surface area contributed by atoms with Gasteiger partial charge in [-0.05, 0) is 35.9 Å². The number of rotatable bonds is 2. The number of carbonyl (C=O) groups excluding carboxylic acids is 1. The van der Waals surface area contributed by atoms with Gasteiger partial charge in [0, 0.05) is 37.0 Å². The van der Waals surface area contributed by atoms with Crippen LogP contribution in [0.4, 0.5) is 0 Å². The molecule has 0 unspecified atom stereocenters. The first-order valence-corrected chi connectivity index (χ1v) is 6.38. The first-order valence-electron chi connectivity index (χ1n) is 6.38. The first-order chi connectivity index (χ1) is 9.29. The SMILES string of the molecule is COc1ccc(C(=O)n2ccc3c2CCNC3)cc1. The first kappa shape index (κ1) is 12.0. The highest BCUT2D eigenvalue weighted by Gasteiger charge is 2.18. The summed E-state index contributed by atoms with van der Waals surface area (Å²) in [6, 6.07) is 9.24. The second-order valence-electron chi connectivity index (χ2n) is 4.62. The maximum absolute atomic E-state index is 12.5. The van der Waals surface area contributed by atoms with E-state index in [4.69, 9.17) is 4.74 Å². The van der Waals surface area contributed by atoms with Gasteiger partial charge in [0.05, 0.1) is 7.11 Å². The molecular weight excluding hydrogens is 240 g/mol. The Morgan fingerprint density at radius 1 is 1.26 bits per heavy atom. The van der Waals surface area contributed by atoms with Crippen LogP contribution in [0.15, 0.2) is 36.5 Å². The van der Waals surface area contributed by atoms with Crippen molar-refractivity contribution < 1.29 is 9.53 Å². The van der Waals surface area contributed by atoms with E-state index in [2.05, 4.69) is 5.32 Å². The molecule has 4 nitrogen and oxygen atoms in total. The Morgan fingerprint density at radius 2 is 2.05 bits per heavy atom. The Labute approximate surface area is 112 Å². The zero-order valence-electron chi connectivity index (χ0n) is 10.8. The molecule has 1 N–H and O–H groups in total. The molecule has 0 spiro atoms. The van der Waals surface area contributed by atoms with Gasteiger partial charge in [-0.1, -0.05) is 0 Å². The van der Waals surface area contributed by atoms with Gasteiger partial charge in [0.2, 0.25) is 0 Å². The van der Waals surface area contributed by atoms with Crippen LogP contribution in [0.25, 0.3) is 0 Å². The van der Waals surface area contributed by atoms with Crippen molar-refractivity contribution in [2.45, 2.75) is 13.0 Å². The van der Waals surface area contributed by atoms with E-state index in [9.17, 15) is 4.79 Å². The Hall–Kier alpha value is -2.07. The van der Waals surface area contributed by atoms with Crippen LogP contribution in [0.5, 0.6) is 5.75 Å². The number of nitrogens with zero attached hydrogens (tertiary/aromatic N) is 1. The summed E-state index contributed by atoms with van der Waals surface area (Å²) in [5.74, 6) is 0.779. The molecule has 4 heteroatoms. The molecule has 1 aromatic carbocycles. The lowest BCUT2D eigenvalue weighted by Gasteiger charge is -2.16. The minimum atomic E-state index is 0.0193. The highest BCUT2D eigenvalue weighted by atomic mass is 16.5. The second kappa shape index (κ2) is 4.90. The van der Waals surface area contributed by atoms with Gasteiger partial charge in [-0.3, -0.25) is 9.36 Å². The fourth-order valence-corrected chi connectivity index (χ4v) is 2.44. The van der Waals surface area contributed by atoms with Crippen molar-refractivity contribution in [1.82, 2.24) is 9.88 Å². The van der Waals surface area contributed by atoms with Crippen LogP contribution in [0.3, 0.4) is 0 Å². The van der Waals surface area contributed by atoms with Crippen molar-refractivity contribution >= 4 is 5.91 Å². The Kier molecular flexibility index (Phi) is 3.09. The molecule has 0 atom stereocenters. The summed E-state index contributed by atoms with van der Waals surface area (Å²) in [6.07, 6.45) is 2.76. The van der Waals surface area contributed by atoms with E-state index in [-0.39, 0.29) is 5.91 Å². The van der Waals surface area contributed by atoms with Crippen LogP contribution in [-0.4, -0.2) is 24.1 Å². The van der Waals surface area contributed by atoms with E-state index in [0.717, 1.165) is 31.0 Å². The molecule has 1 aromatic heterocycles. The zero-order valence-corrected chi connectivity index (χ0v) is 10.8. The van der Waals surface area contributed by atoms with Gasteiger partial charge < -0.3 is 10.1 Å². The summed E-state index contributed by atoms with van der Waals surface area (Å²) < 4.78 is 6.87. The highest BCUT2D eigenvalue weighted by molar-refractivity contribution is 5.96. The van der Waals surface area contributed by atoms with E-state index in [1.807, 2.05) is 24.4 Å². The molecule has 1 aliphatic heterocycles. The third-order valence-corrected chi connectivity index (χ3v) is 3.50. The largest absolute Gasteiger partial charge is 0.497 e. The normalized spacial score (nSPS) is 13.9. The third-order valence-electron chi connectivity index (χ3n) is 3.50. The average molecular weight is 256 g/mol. The minimum absolute atomic E-state index is 0.0193. The van der Waals surface area contributed by atoms with E-state index in [1.54, 1.807) is 23.8 Å². The van der Waals surface area contributed by atoms with Gasteiger partial charge in [-0.2, -0.15) is 0 Å². The molecule has 2 aromatic rings. The molecule has 3 rings (SSSR count). The van der Waals surface area contributed by atoms with Crippen LogP contribution in [0, 0.1) is 0 Å². The van der Waals surface area contributed by atoms with E-state index in [1.165, 1.54) is 5.56 Å². The lowest BCUT2D eigenvalue weighted by molar-refractivity contribution is 0.0956. The summed E-state index contributed by atoms with van der Waals surface area (Å²) in [6.45, 7) is 1.77. The zero-order chi connectivity index (χ0) is 13.2. The van der Waals surface area contributed by atoms with Gasteiger partial charge in [-0.15, -0.1) is 0 Å². The van der Waals surface area contributed by atoms with Crippen LogP contribution >= 0.6 is 0 Å². The monoisotopic (exact) mass is 256 g/mol. The van der Waals surface area contributed by atoms with Crippen LogP contribution in [-0.2, 0) is 13.0 Å². The Morgan fingerprint density at radius 3 is 2.79 bits per heavy atom. The van der Waals surface area contributed by atoms with E-state index >= 15 is 0 Å². The molecule has 0 aliphatic carbocycles. The number of benzene rings is 1. The van der Waals surface area contributed by atoms with Gasteiger partial charge in [-0.25, -0.2) is 0 Å². The van der Waals surface area contributed by atoms with E-state index < -0.39 is 0 Å². The Balaban J connectivity index is 1.92. The number of fused-ring (bicyclic) bond motifs is 1. The topological polar surface area (TPSA) is 43.3 Å². The molecule has 1 aliphatic rings. The van der Waals surface area contributed by atoms with Crippen molar-refractivity contribution in [2.75, 3.05) is 13.7 Å². The molecule has 0 saturated heterocycles. The second-order valence-corrected chi connectivity index (χ2v) is 4.62. The summed E-state index contributed by atoms with van der Waals surface area (Å²) in [5.41, 5.74) is 3.02. The molecule has 19 heavy (non-hydrogen) atoms. The Bertz CT molecular complexity index is 599. The van der Waals surface area contributed by atoms with Crippen molar-refractivity contribution in [2.24, 2.45) is 0 Å². The van der Waals surface area contributed by atoms with Crippen LogP contribution in [0.2, 0.25) is 0 Å². The smallest absolute Gasteiger partial charge is 0.262 e. The van der Waals surface area contributed by atoms with Crippen LogP contribution in [0.1, 0.15) is 21.6 Å². The molecule has 0 bridgehead atoms. The summed E-state index contributed by atoms with van der Waals surface area (Å²) >= 11 is 0. The molecule has 2 heterocycles. The van der Waals surface area contributed by atoms with Crippen molar-refractivity contribution in [3.05, 3.63) is 53.3 Å². The molecule has 0 saturated carbocycles. The summed E-state index contributed by atoms with van der Waals surface area (Å²) in [4.78, 5) is 12.5. The number of hydrogen-bond acceptors (Lipinski definition) is 3. The molecular formula is C15H16N2O2. The number of hydrogen-bond donors (Lipinski definition) is 1. The molecule has 0 fully saturated rings. The predicted octanol–water partition coefficient (Wildman–Crippen LogP) is 1.83. The quantitative estimate of drug-likeness (QED) is 0.891. The third kappa shape index (κ3) is 2.15. The fraction of sp³-hybridized carbons (Fsp3) is 0.267.